The standard InChI is InChI=1S/C14H16N2OS2/c1-9-4-5-11(6-10(9)2)12-7-19-14(15-12)16-13(17)8-18-3/h4-7H,8H2,1-3H3,(H,15,16,17). The lowest BCUT2D eigenvalue weighted by Crippen LogP contribution is -2.13. The maximum atomic E-state index is 11.5. The number of rotatable bonds is 4. The SMILES string of the molecule is CSCC(=O)Nc1nc(-c2ccc(C)c(C)c2)cs1. The smallest absolute Gasteiger partial charge is 0.236 e. The molecule has 19 heavy (non-hydrogen) atoms. The lowest BCUT2D eigenvalue weighted by molar-refractivity contribution is -0.113. The van der Waals surface area contributed by atoms with Gasteiger partial charge in [-0.1, -0.05) is 12.1 Å². The fourth-order valence-electron chi connectivity index (χ4n) is 1.65. The number of benzene rings is 1. The van der Waals surface area contributed by atoms with Crippen LogP contribution in [0.25, 0.3) is 11.3 Å². The zero-order valence-corrected chi connectivity index (χ0v) is 12.8. The van der Waals surface area contributed by atoms with Crippen LogP contribution in [0.4, 0.5) is 5.13 Å². The van der Waals surface area contributed by atoms with Crippen LogP contribution in [0.1, 0.15) is 11.1 Å². The van der Waals surface area contributed by atoms with Crippen molar-refractivity contribution in [3.63, 3.8) is 0 Å². The fourth-order valence-corrected chi connectivity index (χ4v) is 2.72. The van der Waals surface area contributed by atoms with E-state index in [1.54, 1.807) is 0 Å². The fraction of sp³-hybridized carbons (Fsp3) is 0.286. The Morgan fingerprint density at radius 3 is 2.84 bits per heavy atom. The van der Waals surface area contributed by atoms with Crippen molar-refractivity contribution in [1.29, 1.82) is 0 Å². The molecule has 1 aromatic carbocycles. The number of carbonyl (C=O) groups is 1. The molecular formula is C14H16N2OS2. The van der Waals surface area contributed by atoms with Crippen molar-refractivity contribution in [3.8, 4) is 11.3 Å². The topological polar surface area (TPSA) is 42.0 Å². The first-order chi connectivity index (χ1) is 9.10. The summed E-state index contributed by atoms with van der Waals surface area (Å²) < 4.78 is 0. The summed E-state index contributed by atoms with van der Waals surface area (Å²) in [5.74, 6) is 0.451. The first-order valence-electron chi connectivity index (χ1n) is 5.92. The van der Waals surface area contributed by atoms with Crippen LogP contribution in [0.15, 0.2) is 23.6 Å². The minimum absolute atomic E-state index is 0.00603. The van der Waals surface area contributed by atoms with Gasteiger partial charge in [0, 0.05) is 10.9 Å². The number of hydrogen-bond donors (Lipinski definition) is 1. The highest BCUT2D eigenvalue weighted by molar-refractivity contribution is 7.99. The third-order valence-corrected chi connectivity index (χ3v) is 4.14. The van der Waals surface area contributed by atoms with Gasteiger partial charge in [0.2, 0.25) is 5.91 Å². The van der Waals surface area contributed by atoms with E-state index in [1.165, 1.54) is 34.2 Å². The van der Waals surface area contributed by atoms with Crippen molar-refractivity contribution < 1.29 is 4.79 Å². The molecule has 0 aliphatic carbocycles. The normalized spacial score (nSPS) is 10.5. The van der Waals surface area contributed by atoms with Gasteiger partial charge in [-0.2, -0.15) is 11.8 Å². The van der Waals surface area contributed by atoms with E-state index in [9.17, 15) is 4.79 Å². The molecule has 0 atom stereocenters. The highest BCUT2D eigenvalue weighted by Gasteiger charge is 2.08. The molecular weight excluding hydrogens is 276 g/mol. The molecule has 0 aliphatic rings. The predicted molar refractivity (Wildman–Crippen MR) is 84.0 cm³/mol. The van der Waals surface area contributed by atoms with Crippen molar-refractivity contribution in [2.24, 2.45) is 0 Å². The monoisotopic (exact) mass is 292 g/mol. The molecule has 0 spiro atoms. The maximum absolute atomic E-state index is 11.5. The summed E-state index contributed by atoms with van der Waals surface area (Å²) in [7, 11) is 0. The minimum atomic E-state index is -0.00603. The van der Waals surface area contributed by atoms with E-state index in [4.69, 9.17) is 0 Å². The molecule has 1 amide bonds. The van der Waals surface area contributed by atoms with Gasteiger partial charge >= 0.3 is 0 Å². The first-order valence-corrected chi connectivity index (χ1v) is 8.19. The van der Waals surface area contributed by atoms with Gasteiger partial charge in [-0.25, -0.2) is 4.98 Å². The Labute approximate surface area is 121 Å². The van der Waals surface area contributed by atoms with Crippen LogP contribution in [0.3, 0.4) is 0 Å². The Morgan fingerprint density at radius 1 is 1.37 bits per heavy atom. The zero-order valence-electron chi connectivity index (χ0n) is 11.2. The number of carbonyl (C=O) groups excluding carboxylic acids is 1. The van der Waals surface area contributed by atoms with Crippen molar-refractivity contribution in [2.45, 2.75) is 13.8 Å². The highest BCUT2D eigenvalue weighted by Crippen LogP contribution is 2.26. The number of aryl methyl sites for hydroxylation is 2. The molecule has 0 radical (unpaired) electrons. The van der Waals surface area contributed by atoms with Crippen LogP contribution in [-0.2, 0) is 4.79 Å². The Bertz CT molecular complexity index is 593. The summed E-state index contributed by atoms with van der Waals surface area (Å²) in [6.45, 7) is 4.18. The van der Waals surface area contributed by atoms with E-state index < -0.39 is 0 Å². The van der Waals surface area contributed by atoms with Crippen LogP contribution in [0.2, 0.25) is 0 Å². The second kappa shape index (κ2) is 6.21. The van der Waals surface area contributed by atoms with Gasteiger partial charge in [-0.3, -0.25) is 4.79 Å². The number of thiazole rings is 1. The third-order valence-electron chi connectivity index (χ3n) is 2.83. The number of nitrogens with zero attached hydrogens (tertiary/aromatic N) is 1. The molecule has 3 nitrogen and oxygen atoms in total. The average molecular weight is 292 g/mol. The van der Waals surface area contributed by atoms with Crippen molar-refractivity contribution >= 4 is 34.1 Å². The molecule has 5 heteroatoms. The van der Waals surface area contributed by atoms with Gasteiger partial charge in [0.15, 0.2) is 5.13 Å². The average Bonchev–Trinajstić information content (AvgIpc) is 2.81. The largest absolute Gasteiger partial charge is 0.301 e. The van der Waals surface area contributed by atoms with E-state index >= 15 is 0 Å². The molecule has 0 bridgehead atoms. The van der Waals surface area contributed by atoms with Gasteiger partial charge in [-0.15, -0.1) is 11.3 Å². The molecule has 1 heterocycles. The molecule has 1 aromatic heterocycles. The van der Waals surface area contributed by atoms with Gasteiger partial charge in [0.25, 0.3) is 0 Å². The minimum Gasteiger partial charge on any atom is -0.301 e. The molecule has 0 fully saturated rings. The van der Waals surface area contributed by atoms with Crippen molar-refractivity contribution in [2.75, 3.05) is 17.3 Å². The molecule has 0 saturated heterocycles. The van der Waals surface area contributed by atoms with E-state index in [-0.39, 0.29) is 5.91 Å². The highest BCUT2D eigenvalue weighted by atomic mass is 32.2. The summed E-state index contributed by atoms with van der Waals surface area (Å²) >= 11 is 2.96. The molecule has 0 saturated carbocycles. The second-order valence-electron chi connectivity index (χ2n) is 4.32. The van der Waals surface area contributed by atoms with Gasteiger partial charge in [0.1, 0.15) is 0 Å². The third kappa shape index (κ3) is 3.58. The quantitative estimate of drug-likeness (QED) is 0.933. The lowest BCUT2D eigenvalue weighted by Gasteiger charge is -2.02. The lowest BCUT2D eigenvalue weighted by atomic mass is 10.1. The summed E-state index contributed by atoms with van der Waals surface area (Å²) in [5.41, 5.74) is 4.52. The Morgan fingerprint density at radius 2 is 2.16 bits per heavy atom. The van der Waals surface area contributed by atoms with Crippen LogP contribution < -0.4 is 5.32 Å². The van der Waals surface area contributed by atoms with E-state index in [2.05, 4.69) is 42.3 Å². The predicted octanol–water partition coefficient (Wildman–Crippen LogP) is 3.73. The Hall–Kier alpha value is -1.33. The first kappa shape index (κ1) is 14.1. The number of amides is 1. The molecule has 1 N–H and O–H groups in total. The second-order valence-corrected chi connectivity index (χ2v) is 6.04. The molecule has 2 rings (SSSR count). The van der Waals surface area contributed by atoms with Crippen LogP contribution >= 0.6 is 23.1 Å². The van der Waals surface area contributed by atoms with Gasteiger partial charge in [-0.05, 0) is 37.3 Å². The number of anilines is 1. The van der Waals surface area contributed by atoms with Gasteiger partial charge in [0.05, 0.1) is 11.4 Å². The molecule has 0 aliphatic heterocycles. The Kier molecular flexibility index (Phi) is 4.61. The Balaban J connectivity index is 2.16. The molecule has 2 aromatic rings. The summed E-state index contributed by atoms with van der Waals surface area (Å²) in [6, 6.07) is 6.28. The maximum Gasteiger partial charge on any atom is 0.236 e. The number of nitrogens with one attached hydrogen (secondary N) is 1. The number of thioether (sulfide) groups is 1. The summed E-state index contributed by atoms with van der Waals surface area (Å²) in [5, 5.41) is 5.44. The van der Waals surface area contributed by atoms with Crippen LogP contribution in [0.5, 0.6) is 0 Å². The number of hydrogen-bond acceptors (Lipinski definition) is 4. The van der Waals surface area contributed by atoms with Crippen LogP contribution in [-0.4, -0.2) is 22.9 Å². The molecule has 0 unspecified atom stereocenters. The van der Waals surface area contributed by atoms with Crippen molar-refractivity contribution in [3.05, 3.63) is 34.7 Å². The van der Waals surface area contributed by atoms with E-state index in [0.717, 1.165) is 11.3 Å². The van der Waals surface area contributed by atoms with Gasteiger partial charge < -0.3 is 5.32 Å². The van der Waals surface area contributed by atoms with E-state index in [1.807, 2.05) is 11.6 Å². The summed E-state index contributed by atoms with van der Waals surface area (Å²) in [6.07, 6.45) is 1.90. The number of aromatic nitrogens is 1. The van der Waals surface area contributed by atoms with Crippen LogP contribution in [0, 0.1) is 13.8 Å². The summed E-state index contributed by atoms with van der Waals surface area (Å²) in [4.78, 5) is 15.9. The van der Waals surface area contributed by atoms with Crippen molar-refractivity contribution in [1.82, 2.24) is 4.98 Å². The molecule has 100 valence electrons. The zero-order chi connectivity index (χ0) is 13.8. The van der Waals surface area contributed by atoms with E-state index in [0.29, 0.717) is 10.9 Å².